The van der Waals surface area contributed by atoms with Gasteiger partial charge in [0.2, 0.25) is 5.95 Å². The first-order valence-corrected chi connectivity index (χ1v) is 6.18. The fourth-order valence-corrected chi connectivity index (χ4v) is 1.99. The summed E-state index contributed by atoms with van der Waals surface area (Å²) in [6.07, 6.45) is 0. The summed E-state index contributed by atoms with van der Waals surface area (Å²) in [6, 6.07) is 17.7. The standard InChI is InChI=1S/C16H12FN3/c17-13-8-6-12(7-9-13)15-10-14(19-16(18)20-15)11-4-2-1-3-5-11/h1-10H,(H2,18,19,20). The highest BCUT2D eigenvalue weighted by Crippen LogP contribution is 2.24. The second-order valence-corrected chi connectivity index (χ2v) is 4.37. The number of anilines is 1. The van der Waals surface area contributed by atoms with Crippen molar-refractivity contribution in [2.24, 2.45) is 0 Å². The topological polar surface area (TPSA) is 51.8 Å². The number of aromatic nitrogens is 2. The first-order valence-electron chi connectivity index (χ1n) is 6.18. The number of rotatable bonds is 2. The minimum absolute atomic E-state index is 0.200. The van der Waals surface area contributed by atoms with Crippen LogP contribution in [0.25, 0.3) is 22.5 Å². The van der Waals surface area contributed by atoms with Crippen LogP contribution in [-0.2, 0) is 0 Å². The Balaban J connectivity index is 2.09. The van der Waals surface area contributed by atoms with Crippen LogP contribution in [0.5, 0.6) is 0 Å². The minimum atomic E-state index is -0.279. The van der Waals surface area contributed by atoms with E-state index in [4.69, 9.17) is 5.73 Å². The van der Waals surface area contributed by atoms with E-state index in [1.807, 2.05) is 36.4 Å². The largest absolute Gasteiger partial charge is 0.368 e. The maximum absolute atomic E-state index is 13.0. The van der Waals surface area contributed by atoms with Gasteiger partial charge in [-0.3, -0.25) is 0 Å². The Morgan fingerprint density at radius 1 is 0.750 bits per heavy atom. The van der Waals surface area contributed by atoms with Crippen molar-refractivity contribution < 1.29 is 4.39 Å². The van der Waals surface area contributed by atoms with Gasteiger partial charge in [0.25, 0.3) is 0 Å². The maximum Gasteiger partial charge on any atom is 0.221 e. The molecule has 0 saturated carbocycles. The van der Waals surface area contributed by atoms with Gasteiger partial charge in [0.15, 0.2) is 0 Å². The highest BCUT2D eigenvalue weighted by Gasteiger charge is 2.06. The molecule has 0 aliphatic heterocycles. The summed E-state index contributed by atoms with van der Waals surface area (Å²) in [6.45, 7) is 0. The lowest BCUT2D eigenvalue weighted by Crippen LogP contribution is -1.98. The van der Waals surface area contributed by atoms with E-state index in [9.17, 15) is 4.39 Å². The van der Waals surface area contributed by atoms with Crippen LogP contribution in [0.15, 0.2) is 60.7 Å². The molecular formula is C16H12FN3. The highest BCUT2D eigenvalue weighted by atomic mass is 19.1. The molecule has 2 N–H and O–H groups in total. The summed E-state index contributed by atoms with van der Waals surface area (Å²) in [7, 11) is 0. The van der Waals surface area contributed by atoms with Crippen LogP contribution in [0, 0.1) is 5.82 Å². The van der Waals surface area contributed by atoms with Gasteiger partial charge >= 0.3 is 0 Å². The van der Waals surface area contributed by atoms with E-state index >= 15 is 0 Å². The van der Waals surface area contributed by atoms with Gasteiger partial charge in [0.05, 0.1) is 11.4 Å². The van der Waals surface area contributed by atoms with Gasteiger partial charge in [-0.15, -0.1) is 0 Å². The summed E-state index contributed by atoms with van der Waals surface area (Å²) in [4.78, 5) is 8.44. The van der Waals surface area contributed by atoms with E-state index in [1.165, 1.54) is 12.1 Å². The number of nitrogens with zero attached hydrogens (tertiary/aromatic N) is 2. The summed E-state index contributed by atoms with van der Waals surface area (Å²) in [5.74, 6) is -0.0789. The third-order valence-corrected chi connectivity index (χ3v) is 2.95. The molecule has 0 unspecified atom stereocenters. The van der Waals surface area contributed by atoms with Gasteiger partial charge in [-0.05, 0) is 30.3 Å². The van der Waals surface area contributed by atoms with Gasteiger partial charge in [0.1, 0.15) is 5.82 Å². The smallest absolute Gasteiger partial charge is 0.221 e. The van der Waals surface area contributed by atoms with Crippen molar-refractivity contribution in [3.8, 4) is 22.5 Å². The molecule has 3 nitrogen and oxygen atoms in total. The molecule has 0 atom stereocenters. The Bertz CT molecular complexity index is 724. The molecule has 0 aliphatic rings. The van der Waals surface area contributed by atoms with Crippen LogP contribution in [0.3, 0.4) is 0 Å². The average Bonchev–Trinajstić information content (AvgIpc) is 2.48. The number of benzene rings is 2. The first-order chi connectivity index (χ1) is 9.72. The molecule has 0 spiro atoms. The Morgan fingerprint density at radius 2 is 1.30 bits per heavy atom. The zero-order valence-corrected chi connectivity index (χ0v) is 10.6. The predicted octanol–water partition coefficient (Wildman–Crippen LogP) is 3.53. The molecule has 4 heteroatoms. The van der Waals surface area contributed by atoms with E-state index in [1.54, 1.807) is 12.1 Å². The van der Waals surface area contributed by atoms with Gasteiger partial charge in [-0.1, -0.05) is 30.3 Å². The number of nitrogens with two attached hydrogens (primary N) is 1. The Hall–Kier alpha value is -2.75. The van der Waals surface area contributed by atoms with Crippen molar-refractivity contribution in [3.05, 3.63) is 66.5 Å². The molecule has 0 fully saturated rings. The van der Waals surface area contributed by atoms with Gasteiger partial charge in [-0.2, -0.15) is 0 Å². The second kappa shape index (κ2) is 5.09. The number of hydrogen-bond acceptors (Lipinski definition) is 3. The monoisotopic (exact) mass is 265 g/mol. The molecule has 0 aliphatic carbocycles. The van der Waals surface area contributed by atoms with Crippen LogP contribution < -0.4 is 5.73 Å². The summed E-state index contributed by atoms with van der Waals surface area (Å²) in [5.41, 5.74) is 8.96. The zero-order valence-electron chi connectivity index (χ0n) is 10.6. The van der Waals surface area contributed by atoms with Crippen LogP contribution >= 0.6 is 0 Å². The lowest BCUT2D eigenvalue weighted by atomic mass is 10.1. The number of nitrogen functional groups attached to an aromatic ring is 1. The number of hydrogen-bond donors (Lipinski definition) is 1. The fraction of sp³-hybridized carbons (Fsp3) is 0. The Morgan fingerprint density at radius 3 is 1.90 bits per heavy atom. The highest BCUT2D eigenvalue weighted by molar-refractivity contribution is 5.69. The molecule has 0 amide bonds. The van der Waals surface area contributed by atoms with Crippen molar-refractivity contribution in [3.63, 3.8) is 0 Å². The summed E-state index contributed by atoms with van der Waals surface area (Å²) >= 11 is 0. The van der Waals surface area contributed by atoms with Crippen LogP contribution in [0.4, 0.5) is 10.3 Å². The van der Waals surface area contributed by atoms with Crippen molar-refractivity contribution in [1.29, 1.82) is 0 Å². The van der Waals surface area contributed by atoms with Gasteiger partial charge in [0, 0.05) is 11.1 Å². The van der Waals surface area contributed by atoms with Crippen molar-refractivity contribution in [2.45, 2.75) is 0 Å². The molecule has 0 saturated heterocycles. The van der Waals surface area contributed by atoms with Crippen molar-refractivity contribution in [2.75, 3.05) is 5.73 Å². The lowest BCUT2D eigenvalue weighted by Gasteiger charge is -2.06. The molecule has 0 radical (unpaired) electrons. The first kappa shape index (κ1) is 12.3. The van der Waals surface area contributed by atoms with E-state index < -0.39 is 0 Å². The van der Waals surface area contributed by atoms with Crippen molar-refractivity contribution in [1.82, 2.24) is 9.97 Å². The van der Waals surface area contributed by atoms with E-state index in [2.05, 4.69) is 9.97 Å². The van der Waals surface area contributed by atoms with Crippen molar-refractivity contribution >= 4 is 5.95 Å². The van der Waals surface area contributed by atoms with E-state index in [0.717, 1.165) is 16.8 Å². The predicted molar refractivity (Wildman–Crippen MR) is 77.3 cm³/mol. The summed E-state index contributed by atoms with van der Waals surface area (Å²) in [5, 5.41) is 0. The molecule has 3 rings (SSSR count). The molecule has 98 valence electrons. The van der Waals surface area contributed by atoms with Crippen LogP contribution in [0.1, 0.15) is 0 Å². The number of halogens is 1. The average molecular weight is 265 g/mol. The molecule has 2 aromatic carbocycles. The molecular weight excluding hydrogens is 253 g/mol. The minimum Gasteiger partial charge on any atom is -0.368 e. The SMILES string of the molecule is Nc1nc(-c2ccccc2)cc(-c2ccc(F)cc2)n1. The molecule has 20 heavy (non-hydrogen) atoms. The molecule has 1 heterocycles. The van der Waals surface area contributed by atoms with Crippen LogP contribution in [0.2, 0.25) is 0 Å². The Labute approximate surface area is 115 Å². The van der Waals surface area contributed by atoms with E-state index in [-0.39, 0.29) is 11.8 Å². The molecule has 1 aromatic heterocycles. The van der Waals surface area contributed by atoms with Gasteiger partial charge in [-0.25, -0.2) is 14.4 Å². The Kier molecular flexibility index (Phi) is 3.13. The quantitative estimate of drug-likeness (QED) is 0.771. The maximum atomic E-state index is 13.0. The third kappa shape index (κ3) is 2.49. The molecule has 0 bridgehead atoms. The van der Waals surface area contributed by atoms with Crippen LogP contribution in [-0.4, -0.2) is 9.97 Å². The van der Waals surface area contributed by atoms with E-state index in [0.29, 0.717) is 5.69 Å². The third-order valence-electron chi connectivity index (χ3n) is 2.95. The zero-order chi connectivity index (χ0) is 13.9. The lowest BCUT2D eigenvalue weighted by molar-refractivity contribution is 0.628. The second-order valence-electron chi connectivity index (χ2n) is 4.37. The summed E-state index contributed by atoms with van der Waals surface area (Å²) < 4.78 is 13.0. The van der Waals surface area contributed by atoms with Gasteiger partial charge < -0.3 is 5.73 Å². The normalized spacial score (nSPS) is 10.4. The fourth-order valence-electron chi connectivity index (χ4n) is 1.99. The molecule has 3 aromatic rings.